The lowest BCUT2D eigenvalue weighted by Crippen LogP contribution is -2.43. The summed E-state index contributed by atoms with van der Waals surface area (Å²) in [4.78, 5) is 20.5. The van der Waals surface area contributed by atoms with E-state index in [1.54, 1.807) is 6.20 Å². The minimum absolute atomic E-state index is 0.0583. The van der Waals surface area contributed by atoms with Crippen molar-refractivity contribution in [1.82, 2.24) is 9.97 Å². The van der Waals surface area contributed by atoms with Gasteiger partial charge in [0.15, 0.2) is 0 Å². The number of rotatable bonds is 7. The number of anilines is 4. The lowest BCUT2D eigenvalue weighted by molar-refractivity contribution is 0.100. The highest BCUT2D eigenvalue weighted by Crippen LogP contribution is 2.24. The average Bonchev–Trinajstić information content (AvgIpc) is 2.68. The van der Waals surface area contributed by atoms with Gasteiger partial charge in [-0.05, 0) is 31.0 Å². The van der Waals surface area contributed by atoms with Gasteiger partial charge in [-0.3, -0.25) is 4.79 Å². The molecule has 0 bridgehead atoms. The zero-order valence-electron chi connectivity index (χ0n) is 15.6. The lowest BCUT2D eigenvalue weighted by Gasteiger charge is -2.29. The van der Waals surface area contributed by atoms with Crippen LogP contribution in [0.5, 0.6) is 0 Å². The molecule has 0 saturated heterocycles. The summed E-state index contributed by atoms with van der Waals surface area (Å²) in [5, 5.41) is 9.46. The van der Waals surface area contributed by atoms with Gasteiger partial charge in [0.1, 0.15) is 11.4 Å². The molecule has 148 valence electrons. The van der Waals surface area contributed by atoms with E-state index in [1.807, 2.05) is 24.3 Å². The molecule has 1 aliphatic rings. The van der Waals surface area contributed by atoms with Crippen molar-refractivity contribution in [3.8, 4) is 0 Å². The number of hydrogen-bond donors (Lipinski definition) is 6. The number of carbonyl (C=O) groups excluding carboxylic acids is 1. The van der Waals surface area contributed by atoms with Crippen LogP contribution in [-0.2, 0) is 0 Å². The highest BCUT2D eigenvalue weighted by atomic mass is 16.1. The van der Waals surface area contributed by atoms with Crippen LogP contribution in [0.3, 0.4) is 0 Å². The fourth-order valence-electron chi connectivity index (χ4n) is 3.20. The third-order valence-corrected chi connectivity index (χ3v) is 4.66. The summed E-state index contributed by atoms with van der Waals surface area (Å²) in [7, 11) is 0. The normalized spacial score (nSPS) is 19.3. The third kappa shape index (κ3) is 4.89. The molecule has 2 atom stereocenters. The van der Waals surface area contributed by atoms with E-state index in [4.69, 9.17) is 17.2 Å². The predicted molar refractivity (Wildman–Crippen MR) is 111 cm³/mol. The molecule has 0 aliphatic heterocycles. The zero-order valence-corrected chi connectivity index (χ0v) is 15.6. The fraction of sp³-hybridized carbons (Fsp3) is 0.316. The Hall–Kier alpha value is -3.33. The molecule has 1 heterocycles. The molecule has 0 radical (unpaired) electrons. The van der Waals surface area contributed by atoms with Crippen LogP contribution in [-0.4, -0.2) is 28.0 Å². The topological polar surface area (TPSA) is 157 Å². The number of nitrogens with zero attached hydrogens (tertiary/aromatic N) is 2. The summed E-state index contributed by atoms with van der Waals surface area (Å²) in [6.45, 7) is 0. The predicted octanol–water partition coefficient (Wildman–Crippen LogP) is 1.84. The van der Waals surface area contributed by atoms with Crippen molar-refractivity contribution in [3.05, 3.63) is 48.4 Å². The molecule has 1 saturated carbocycles. The van der Waals surface area contributed by atoms with E-state index in [9.17, 15) is 4.79 Å². The van der Waals surface area contributed by atoms with Gasteiger partial charge in [0.2, 0.25) is 5.95 Å². The standard InChI is InChI=1S/C19H26N8O/c20-8-9-23-12-4-3-5-13(10-12)25-18-14(17(22)28)11-24-19(27-18)26-16-7-2-1-6-15(16)21/h3-5,8-11,15-16,23H,1-2,6-7,20-21H2,(H2,22,28)(H2,24,25,26,27)/b9-8-/t15-,16+/m0/s1. The number of amides is 1. The van der Waals surface area contributed by atoms with Gasteiger partial charge in [0.05, 0.1) is 0 Å². The maximum absolute atomic E-state index is 11.8. The van der Waals surface area contributed by atoms with Crippen LogP contribution in [0.4, 0.5) is 23.1 Å². The minimum Gasteiger partial charge on any atom is -0.403 e. The van der Waals surface area contributed by atoms with Crippen molar-refractivity contribution in [2.75, 3.05) is 16.0 Å². The summed E-state index contributed by atoms with van der Waals surface area (Å²) < 4.78 is 0. The van der Waals surface area contributed by atoms with Gasteiger partial charge >= 0.3 is 0 Å². The number of benzene rings is 1. The first kappa shape index (κ1) is 19.4. The second-order valence-electron chi connectivity index (χ2n) is 6.73. The van der Waals surface area contributed by atoms with Gasteiger partial charge in [0.25, 0.3) is 5.91 Å². The molecule has 9 heteroatoms. The summed E-state index contributed by atoms with van der Waals surface area (Å²) in [6, 6.07) is 7.63. The number of carbonyl (C=O) groups is 1. The Kier molecular flexibility index (Phi) is 6.28. The molecule has 1 aromatic carbocycles. The van der Waals surface area contributed by atoms with Crippen molar-refractivity contribution in [3.63, 3.8) is 0 Å². The Morgan fingerprint density at radius 3 is 2.75 bits per heavy atom. The first-order chi connectivity index (χ1) is 13.6. The molecule has 1 fully saturated rings. The SMILES string of the molecule is N/C=C\Nc1cccc(Nc2nc(N[C@@H]3CCCC[C@@H]3N)ncc2C(N)=O)c1. The highest BCUT2D eigenvalue weighted by Gasteiger charge is 2.23. The molecule has 9 nitrogen and oxygen atoms in total. The van der Waals surface area contributed by atoms with Crippen LogP contribution >= 0.6 is 0 Å². The monoisotopic (exact) mass is 382 g/mol. The van der Waals surface area contributed by atoms with Crippen LogP contribution in [0.1, 0.15) is 36.0 Å². The molecule has 28 heavy (non-hydrogen) atoms. The Morgan fingerprint density at radius 1 is 1.21 bits per heavy atom. The van der Waals surface area contributed by atoms with Crippen molar-refractivity contribution in [2.45, 2.75) is 37.8 Å². The fourth-order valence-corrected chi connectivity index (χ4v) is 3.20. The maximum Gasteiger partial charge on any atom is 0.254 e. The van der Waals surface area contributed by atoms with E-state index in [-0.39, 0.29) is 17.6 Å². The highest BCUT2D eigenvalue weighted by molar-refractivity contribution is 5.98. The second kappa shape index (κ2) is 9.05. The summed E-state index contributed by atoms with van der Waals surface area (Å²) in [6.07, 6.45) is 8.64. The molecule has 0 spiro atoms. The summed E-state index contributed by atoms with van der Waals surface area (Å²) >= 11 is 0. The molecule has 0 unspecified atom stereocenters. The van der Waals surface area contributed by atoms with Crippen LogP contribution in [0.25, 0.3) is 0 Å². The Morgan fingerprint density at radius 2 is 2.00 bits per heavy atom. The van der Waals surface area contributed by atoms with Crippen LogP contribution in [0.15, 0.2) is 42.9 Å². The number of primary amides is 1. The van der Waals surface area contributed by atoms with E-state index in [0.717, 1.165) is 37.1 Å². The van der Waals surface area contributed by atoms with Crippen molar-refractivity contribution in [2.24, 2.45) is 17.2 Å². The molecule has 3 rings (SSSR count). The average molecular weight is 382 g/mol. The van der Waals surface area contributed by atoms with Gasteiger partial charge < -0.3 is 33.2 Å². The summed E-state index contributed by atoms with van der Waals surface area (Å²) in [5.74, 6) is 0.139. The maximum atomic E-state index is 11.8. The number of aromatic nitrogens is 2. The van der Waals surface area contributed by atoms with Crippen molar-refractivity contribution in [1.29, 1.82) is 0 Å². The second-order valence-corrected chi connectivity index (χ2v) is 6.73. The van der Waals surface area contributed by atoms with E-state index >= 15 is 0 Å². The Labute approximate surface area is 163 Å². The zero-order chi connectivity index (χ0) is 19.9. The molecule has 1 amide bonds. The quantitative estimate of drug-likeness (QED) is 0.423. The van der Waals surface area contributed by atoms with Gasteiger partial charge in [0, 0.05) is 42.1 Å². The van der Waals surface area contributed by atoms with E-state index in [0.29, 0.717) is 11.8 Å². The largest absolute Gasteiger partial charge is 0.403 e. The molecule has 9 N–H and O–H groups in total. The first-order valence-corrected chi connectivity index (χ1v) is 9.26. The smallest absolute Gasteiger partial charge is 0.254 e. The molecule has 2 aromatic rings. The van der Waals surface area contributed by atoms with Gasteiger partial charge in [-0.1, -0.05) is 18.9 Å². The Balaban J connectivity index is 1.83. The number of nitrogens with two attached hydrogens (primary N) is 3. The first-order valence-electron chi connectivity index (χ1n) is 9.26. The number of nitrogens with one attached hydrogen (secondary N) is 3. The number of hydrogen-bond acceptors (Lipinski definition) is 8. The van der Waals surface area contributed by atoms with Crippen molar-refractivity contribution < 1.29 is 4.79 Å². The molecular weight excluding hydrogens is 356 g/mol. The van der Waals surface area contributed by atoms with Crippen molar-refractivity contribution >= 4 is 29.0 Å². The molecular formula is C19H26N8O. The van der Waals surface area contributed by atoms with E-state index in [2.05, 4.69) is 25.9 Å². The van der Waals surface area contributed by atoms with Crippen LogP contribution in [0, 0.1) is 0 Å². The molecule has 1 aromatic heterocycles. The summed E-state index contributed by atoms with van der Waals surface area (Å²) in [5.41, 5.74) is 18.8. The van der Waals surface area contributed by atoms with E-state index in [1.165, 1.54) is 12.4 Å². The Bertz CT molecular complexity index is 854. The van der Waals surface area contributed by atoms with Crippen LogP contribution in [0.2, 0.25) is 0 Å². The molecule has 1 aliphatic carbocycles. The van der Waals surface area contributed by atoms with Crippen LogP contribution < -0.4 is 33.2 Å². The third-order valence-electron chi connectivity index (χ3n) is 4.66. The van der Waals surface area contributed by atoms with Gasteiger partial charge in [-0.15, -0.1) is 0 Å². The minimum atomic E-state index is -0.608. The van der Waals surface area contributed by atoms with E-state index < -0.39 is 5.91 Å². The van der Waals surface area contributed by atoms with Gasteiger partial charge in [-0.25, -0.2) is 4.98 Å². The lowest BCUT2D eigenvalue weighted by atomic mass is 9.91. The van der Waals surface area contributed by atoms with Gasteiger partial charge in [-0.2, -0.15) is 4.98 Å².